The van der Waals surface area contributed by atoms with Gasteiger partial charge in [0.25, 0.3) is 11.8 Å². The van der Waals surface area contributed by atoms with Crippen LogP contribution in [0.25, 0.3) is 5.69 Å². The maximum atomic E-state index is 13.2. The molecule has 6 unspecified atom stereocenters. The molecular formula is C52H81N9O14S2. The molecule has 8 amide bonds. The van der Waals surface area contributed by atoms with Crippen LogP contribution in [0.15, 0.2) is 30.3 Å². The second-order valence-corrected chi connectivity index (χ2v) is 21.7. The molecule has 430 valence electrons. The molecule has 23 nitrogen and oxygen atoms in total. The van der Waals surface area contributed by atoms with E-state index >= 15 is 0 Å². The molecule has 4 aliphatic heterocycles. The minimum Gasteiger partial charge on any atom is -0.494 e. The van der Waals surface area contributed by atoms with E-state index in [1.807, 2.05) is 23.5 Å². The number of nitrogens with zero attached hydrogens (tertiary/aromatic N) is 1. The van der Waals surface area contributed by atoms with Crippen molar-refractivity contribution in [2.24, 2.45) is 0 Å². The molecule has 0 radical (unpaired) electrons. The van der Waals surface area contributed by atoms with E-state index in [0.717, 1.165) is 54.6 Å². The zero-order chi connectivity index (χ0) is 54.5. The number of unbranched alkanes of at least 4 members (excludes halogenated alkanes) is 2. The van der Waals surface area contributed by atoms with Gasteiger partial charge in [0.2, 0.25) is 11.8 Å². The van der Waals surface area contributed by atoms with Gasteiger partial charge < -0.3 is 81.2 Å². The van der Waals surface area contributed by atoms with Crippen LogP contribution in [0.5, 0.6) is 11.8 Å². The molecule has 6 rings (SSSR count). The van der Waals surface area contributed by atoms with E-state index in [0.29, 0.717) is 154 Å². The van der Waals surface area contributed by atoms with E-state index in [1.54, 1.807) is 0 Å². The molecule has 4 fully saturated rings. The first-order chi connectivity index (χ1) is 37.5. The first-order valence-electron chi connectivity index (χ1n) is 27.2. The van der Waals surface area contributed by atoms with E-state index in [9.17, 15) is 39.0 Å². The molecule has 4 aliphatic rings. The van der Waals surface area contributed by atoms with E-state index in [2.05, 4.69) is 42.5 Å². The highest BCUT2D eigenvalue weighted by molar-refractivity contribution is 8.00. The molecule has 1 aromatic heterocycles. The fourth-order valence-electron chi connectivity index (χ4n) is 9.25. The quantitative estimate of drug-likeness (QED) is 0.0338. The number of rotatable bonds is 41. The lowest BCUT2D eigenvalue weighted by Gasteiger charge is -2.16. The van der Waals surface area contributed by atoms with Crippen LogP contribution in [0.4, 0.5) is 9.59 Å². The van der Waals surface area contributed by atoms with Gasteiger partial charge in [0.15, 0.2) is 11.8 Å². The number of hydrogen-bond donors (Lipinski definition) is 10. The zero-order valence-corrected chi connectivity index (χ0v) is 45.8. The molecule has 0 aliphatic carbocycles. The molecule has 6 atom stereocenters. The largest absolute Gasteiger partial charge is 0.494 e. The number of hydrogen-bond acceptors (Lipinski definition) is 16. The van der Waals surface area contributed by atoms with Crippen molar-refractivity contribution in [3.63, 3.8) is 0 Å². The molecule has 1 aromatic carbocycles. The fourth-order valence-corrected chi connectivity index (χ4v) is 12.3. The number of nitrogens with one attached hydrogen (secondary N) is 8. The Bertz CT molecular complexity index is 2020. The molecule has 25 heteroatoms. The number of aromatic hydroxyl groups is 2. The van der Waals surface area contributed by atoms with Gasteiger partial charge in [0.05, 0.1) is 82.7 Å². The Morgan fingerprint density at radius 1 is 0.494 bits per heavy atom. The van der Waals surface area contributed by atoms with Crippen molar-refractivity contribution in [3.05, 3.63) is 41.5 Å². The van der Waals surface area contributed by atoms with Gasteiger partial charge in [-0.1, -0.05) is 12.8 Å². The van der Waals surface area contributed by atoms with Crippen molar-refractivity contribution >= 4 is 59.2 Å². The first kappa shape index (κ1) is 61.2. The van der Waals surface area contributed by atoms with Crippen LogP contribution in [-0.4, -0.2) is 202 Å². The van der Waals surface area contributed by atoms with Gasteiger partial charge in [-0.3, -0.25) is 23.7 Å². The van der Waals surface area contributed by atoms with E-state index in [4.69, 9.17) is 28.4 Å². The highest BCUT2D eigenvalue weighted by Crippen LogP contribution is 2.34. The summed E-state index contributed by atoms with van der Waals surface area (Å²) in [5.41, 5.74) is 0.549. The van der Waals surface area contributed by atoms with Crippen molar-refractivity contribution in [2.75, 3.05) is 117 Å². The number of urea groups is 2. The number of thioether (sulfide) groups is 2. The molecular weight excluding hydrogens is 1040 g/mol. The third-order valence-corrected chi connectivity index (χ3v) is 16.3. The Morgan fingerprint density at radius 3 is 1.25 bits per heavy atom. The van der Waals surface area contributed by atoms with Gasteiger partial charge in [-0.15, -0.1) is 0 Å². The average Bonchev–Trinajstić information content (AvgIpc) is 4.25. The number of ether oxygens (including phenoxy) is 6. The van der Waals surface area contributed by atoms with Gasteiger partial charge in [-0.25, -0.2) is 9.59 Å². The molecule has 5 heterocycles. The van der Waals surface area contributed by atoms with Gasteiger partial charge in [0.1, 0.15) is 0 Å². The highest BCUT2D eigenvalue weighted by Gasteiger charge is 2.43. The van der Waals surface area contributed by atoms with Crippen LogP contribution >= 0.6 is 23.5 Å². The van der Waals surface area contributed by atoms with Crippen LogP contribution in [0.1, 0.15) is 97.8 Å². The maximum absolute atomic E-state index is 13.2. The third kappa shape index (κ3) is 22.0. The van der Waals surface area contributed by atoms with Crippen molar-refractivity contribution in [1.29, 1.82) is 0 Å². The lowest BCUT2D eigenvalue weighted by atomic mass is 10.0. The fraction of sp³-hybridized carbons (Fsp3) is 0.692. The highest BCUT2D eigenvalue weighted by atomic mass is 32.2. The molecule has 0 saturated carbocycles. The lowest BCUT2D eigenvalue weighted by Crippen LogP contribution is -2.36. The maximum Gasteiger partial charge on any atom is 0.315 e. The summed E-state index contributed by atoms with van der Waals surface area (Å²) in [6.07, 6.45) is 8.97. The van der Waals surface area contributed by atoms with Crippen molar-refractivity contribution in [1.82, 2.24) is 47.1 Å². The third-order valence-electron chi connectivity index (χ3n) is 13.3. The predicted octanol–water partition coefficient (Wildman–Crippen LogP) is 2.69. The summed E-state index contributed by atoms with van der Waals surface area (Å²) in [4.78, 5) is 74.0. The van der Waals surface area contributed by atoms with Crippen LogP contribution in [-0.2, 0) is 38.0 Å². The summed E-state index contributed by atoms with van der Waals surface area (Å²) >= 11 is 3.77. The van der Waals surface area contributed by atoms with Gasteiger partial charge in [-0.05, 0) is 69.6 Å². The molecule has 77 heavy (non-hydrogen) atoms. The summed E-state index contributed by atoms with van der Waals surface area (Å²) in [6.45, 7) is 6.66. The second-order valence-electron chi connectivity index (χ2n) is 19.2. The average molecular weight is 1120 g/mol. The molecule has 10 N–H and O–H groups in total. The Balaban J connectivity index is 0.713. The van der Waals surface area contributed by atoms with Crippen LogP contribution in [0, 0.1) is 0 Å². The minimum absolute atomic E-state index is 0.0423. The number of carbonyl (C=O) groups excluding carboxylic acids is 6. The topological polar surface area (TPSA) is 299 Å². The molecule has 0 spiro atoms. The van der Waals surface area contributed by atoms with Crippen LogP contribution in [0.3, 0.4) is 0 Å². The Kier molecular flexibility index (Phi) is 27.6. The number of fused-ring (bicyclic) bond motifs is 2. The number of benzene rings is 1. The summed E-state index contributed by atoms with van der Waals surface area (Å²) in [7, 11) is 0. The normalized spacial score (nSPS) is 20.2. The summed E-state index contributed by atoms with van der Waals surface area (Å²) in [5.74, 6) is 0.539. The Hall–Kier alpha value is -5.02. The molecule has 2 aromatic rings. The Morgan fingerprint density at radius 2 is 0.857 bits per heavy atom. The summed E-state index contributed by atoms with van der Waals surface area (Å²) < 4.78 is 34.8. The second kappa shape index (κ2) is 34.8. The SMILES string of the molecule is O=C(CCCCC1SCC2NC(=O)NC21)NCCCOCCOCCOCCCNC(=O)c1cc(C(=O)NCCCOCCOCCOCCCNC(=O)CCCCC2SCC3NC(=O)NC32)cc(-n2c(O)ccc2O)c1. The molecule has 4 saturated heterocycles. The van der Waals surface area contributed by atoms with E-state index < -0.39 is 11.8 Å². The van der Waals surface area contributed by atoms with Crippen molar-refractivity contribution in [2.45, 2.75) is 112 Å². The van der Waals surface area contributed by atoms with Gasteiger partial charge >= 0.3 is 12.1 Å². The van der Waals surface area contributed by atoms with Gasteiger partial charge in [-0.2, -0.15) is 23.5 Å². The summed E-state index contributed by atoms with van der Waals surface area (Å²) in [5, 5.41) is 45.1. The smallest absolute Gasteiger partial charge is 0.315 e. The van der Waals surface area contributed by atoms with Gasteiger partial charge in [0, 0.05) is 111 Å². The summed E-state index contributed by atoms with van der Waals surface area (Å²) in [6, 6.07) is 7.70. The monoisotopic (exact) mass is 1120 g/mol. The minimum atomic E-state index is -0.444. The number of carbonyl (C=O) groups is 6. The Labute approximate surface area is 459 Å². The number of aromatic nitrogens is 1. The first-order valence-corrected chi connectivity index (χ1v) is 29.3. The lowest BCUT2D eigenvalue weighted by molar-refractivity contribution is -0.122. The van der Waals surface area contributed by atoms with Crippen molar-refractivity contribution in [3.8, 4) is 17.4 Å². The van der Waals surface area contributed by atoms with Crippen LogP contribution < -0.4 is 42.5 Å². The van der Waals surface area contributed by atoms with Crippen molar-refractivity contribution < 1.29 is 67.4 Å². The van der Waals surface area contributed by atoms with E-state index in [-0.39, 0.29) is 76.6 Å². The predicted molar refractivity (Wildman–Crippen MR) is 291 cm³/mol. The zero-order valence-electron chi connectivity index (χ0n) is 44.1. The van der Waals surface area contributed by atoms with Crippen LogP contribution in [0.2, 0.25) is 0 Å². The molecule has 0 bridgehead atoms. The standard InChI is InChI=1S/C52H81N9O14S2/c62-43(11-3-1-9-41-47-39(34-76-41)57-51(68)59-47)53-15-5-19-70-23-27-74-29-25-72-21-7-17-55-49(66)36-31-37(33-38(32-36)61-45(64)13-14-46(61)65)50(67)56-18-8-22-73-26-30-75-28-24-71-20-6-16-54-44(63)12-4-2-10-42-48-40(35-77-42)58-52(69)60-48/h13-14,31-33,39-42,47-48,64-65H,1-12,15-30,34-35H2,(H,53,62)(H,54,63)(H,55,66)(H,56,67)(H2,57,59,68)(H2,58,60,69). The van der Waals surface area contributed by atoms with E-state index in [1.165, 1.54) is 30.3 Å². The number of amides is 8.